The fraction of sp³-hybridized carbons (Fsp3) is 0.600. The van der Waals surface area contributed by atoms with E-state index in [0.29, 0.717) is 6.04 Å². The molecule has 0 aliphatic rings. The van der Waals surface area contributed by atoms with Gasteiger partial charge in [0.05, 0.1) is 7.11 Å². The van der Waals surface area contributed by atoms with Crippen molar-refractivity contribution in [2.24, 2.45) is 0 Å². The number of methoxy groups -OCH3 is 1. The lowest BCUT2D eigenvalue weighted by atomic mass is 10.0. The van der Waals surface area contributed by atoms with Gasteiger partial charge in [-0.25, -0.2) is 0 Å². The molecule has 0 spiro atoms. The van der Waals surface area contributed by atoms with E-state index >= 15 is 0 Å². The highest BCUT2D eigenvalue weighted by atomic mass is 16.5. The van der Waals surface area contributed by atoms with Crippen molar-refractivity contribution in [1.82, 2.24) is 5.32 Å². The summed E-state index contributed by atoms with van der Waals surface area (Å²) in [5, 5.41) is 3.51. The molecule has 1 unspecified atom stereocenters. The van der Waals surface area contributed by atoms with Gasteiger partial charge in [-0.3, -0.25) is 0 Å². The van der Waals surface area contributed by atoms with Crippen molar-refractivity contribution in [1.29, 1.82) is 0 Å². The monoisotopic (exact) mass is 251 g/mol. The maximum atomic E-state index is 5.43. The molecule has 0 heterocycles. The summed E-state index contributed by atoms with van der Waals surface area (Å²) < 4.78 is 10.7. The highest BCUT2D eigenvalue weighted by Crippen LogP contribution is 2.14. The first-order valence-corrected chi connectivity index (χ1v) is 6.74. The van der Waals surface area contributed by atoms with Crippen LogP contribution in [0.4, 0.5) is 0 Å². The van der Waals surface area contributed by atoms with Crippen LogP contribution in [-0.2, 0) is 11.2 Å². The minimum Gasteiger partial charge on any atom is -0.497 e. The Labute approximate surface area is 110 Å². The molecule has 0 fully saturated rings. The van der Waals surface area contributed by atoms with E-state index < -0.39 is 0 Å². The molecule has 1 rings (SSSR count). The minimum absolute atomic E-state index is 0.466. The third kappa shape index (κ3) is 5.52. The van der Waals surface area contributed by atoms with Crippen molar-refractivity contribution in [2.45, 2.75) is 32.7 Å². The molecule has 1 atom stereocenters. The Morgan fingerprint density at radius 3 is 2.78 bits per heavy atom. The maximum Gasteiger partial charge on any atom is 0.119 e. The highest BCUT2D eigenvalue weighted by Gasteiger charge is 2.08. The first-order chi connectivity index (χ1) is 8.80. The first kappa shape index (κ1) is 15.0. The van der Waals surface area contributed by atoms with Gasteiger partial charge in [0, 0.05) is 19.3 Å². The SMILES string of the molecule is CCNC(CCOCC)Cc1cccc(OC)c1. The summed E-state index contributed by atoms with van der Waals surface area (Å²) in [5.41, 5.74) is 1.30. The number of ether oxygens (including phenoxy) is 2. The Balaban J connectivity index is 2.52. The Bertz CT molecular complexity index is 328. The number of hydrogen-bond donors (Lipinski definition) is 1. The van der Waals surface area contributed by atoms with Crippen LogP contribution in [0, 0.1) is 0 Å². The van der Waals surface area contributed by atoms with Crippen LogP contribution in [0.1, 0.15) is 25.8 Å². The number of hydrogen-bond acceptors (Lipinski definition) is 3. The van der Waals surface area contributed by atoms with Gasteiger partial charge in [-0.1, -0.05) is 19.1 Å². The van der Waals surface area contributed by atoms with Crippen molar-refractivity contribution >= 4 is 0 Å². The lowest BCUT2D eigenvalue weighted by Crippen LogP contribution is -2.32. The number of benzene rings is 1. The van der Waals surface area contributed by atoms with Gasteiger partial charge in [0.2, 0.25) is 0 Å². The van der Waals surface area contributed by atoms with Crippen molar-refractivity contribution in [3.8, 4) is 5.75 Å². The van der Waals surface area contributed by atoms with Crippen molar-refractivity contribution in [2.75, 3.05) is 26.9 Å². The van der Waals surface area contributed by atoms with E-state index in [1.807, 2.05) is 19.1 Å². The standard InChI is InChI=1S/C15H25NO2/c1-4-16-14(9-10-18-5-2)11-13-7-6-8-15(12-13)17-3/h6-8,12,14,16H,4-5,9-11H2,1-3H3. The molecule has 0 aliphatic carbocycles. The molecule has 1 aromatic rings. The molecule has 0 saturated carbocycles. The van der Waals surface area contributed by atoms with Crippen LogP contribution in [0.2, 0.25) is 0 Å². The van der Waals surface area contributed by atoms with Crippen LogP contribution < -0.4 is 10.1 Å². The molecule has 0 aliphatic heterocycles. The van der Waals surface area contributed by atoms with Crippen molar-refractivity contribution in [3.05, 3.63) is 29.8 Å². The van der Waals surface area contributed by atoms with Crippen LogP contribution in [0.25, 0.3) is 0 Å². The molecule has 0 saturated heterocycles. The second kappa shape index (κ2) is 8.95. The topological polar surface area (TPSA) is 30.5 Å². The summed E-state index contributed by atoms with van der Waals surface area (Å²) in [6.45, 7) is 6.76. The van der Waals surface area contributed by atoms with E-state index in [0.717, 1.165) is 38.3 Å². The Morgan fingerprint density at radius 1 is 1.28 bits per heavy atom. The zero-order valence-corrected chi connectivity index (χ0v) is 11.7. The Hall–Kier alpha value is -1.06. The average Bonchev–Trinajstić information content (AvgIpc) is 2.39. The molecular formula is C15H25NO2. The predicted octanol–water partition coefficient (Wildman–Crippen LogP) is 2.64. The summed E-state index contributed by atoms with van der Waals surface area (Å²) in [6, 6.07) is 8.73. The number of rotatable bonds is 9. The van der Waals surface area contributed by atoms with E-state index in [2.05, 4.69) is 24.4 Å². The zero-order chi connectivity index (χ0) is 13.2. The Morgan fingerprint density at radius 2 is 2.11 bits per heavy atom. The molecule has 0 bridgehead atoms. The molecule has 3 heteroatoms. The fourth-order valence-corrected chi connectivity index (χ4v) is 2.02. The highest BCUT2D eigenvalue weighted by molar-refractivity contribution is 5.28. The van der Waals surface area contributed by atoms with Crippen LogP contribution in [0.15, 0.2) is 24.3 Å². The smallest absolute Gasteiger partial charge is 0.119 e. The summed E-state index contributed by atoms with van der Waals surface area (Å²) >= 11 is 0. The largest absolute Gasteiger partial charge is 0.497 e. The number of likely N-dealkylation sites (N-methyl/N-ethyl adjacent to an activating group) is 1. The summed E-state index contributed by atoms with van der Waals surface area (Å²) in [7, 11) is 1.70. The van der Waals surface area contributed by atoms with E-state index in [9.17, 15) is 0 Å². The number of nitrogens with one attached hydrogen (secondary N) is 1. The van der Waals surface area contributed by atoms with Gasteiger partial charge in [0.1, 0.15) is 5.75 Å². The van der Waals surface area contributed by atoms with E-state index in [4.69, 9.17) is 9.47 Å². The van der Waals surface area contributed by atoms with Gasteiger partial charge >= 0.3 is 0 Å². The molecular weight excluding hydrogens is 226 g/mol. The first-order valence-electron chi connectivity index (χ1n) is 6.74. The Kier molecular flexibility index (Phi) is 7.46. The minimum atomic E-state index is 0.466. The zero-order valence-electron chi connectivity index (χ0n) is 11.7. The molecule has 102 valence electrons. The molecule has 0 radical (unpaired) electrons. The summed E-state index contributed by atoms with van der Waals surface area (Å²) in [4.78, 5) is 0. The van der Waals surface area contributed by atoms with E-state index in [-0.39, 0.29) is 0 Å². The molecule has 3 nitrogen and oxygen atoms in total. The molecule has 18 heavy (non-hydrogen) atoms. The normalized spacial score (nSPS) is 12.4. The van der Waals surface area contributed by atoms with Crippen molar-refractivity contribution in [3.63, 3.8) is 0 Å². The van der Waals surface area contributed by atoms with E-state index in [1.54, 1.807) is 7.11 Å². The lowest BCUT2D eigenvalue weighted by Gasteiger charge is -2.18. The van der Waals surface area contributed by atoms with E-state index in [1.165, 1.54) is 5.56 Å². The van der Waals surface area contributed by atoms with Crippen LogP contribution in [-0.4, -0.2) is 32.9 Å². The molecule has 1 N–H and O–H groups in total. The van der Waals surface area contributed by atoms with Gasteiger partial charge in [-0.05, 0) is 44.0 Å². The molecule has 0 amide bonds. The van der Waals surface area contributed by atoms with Gasteiger partial charge in [0.25, 0.3) is 0 Å². The molecule has 1 aromatic carbocycles. The third-order valence-corrected chi connectivity index (χ3v) is 2.92. The van der Waals surface area contributed by atoms with Crippen molar-refractivity contribution < 1.29 is 9.47 Å². The predicted molar refractivity (Wildman–Crippen MR) is 75.3 cm³/mol. The lowest BCUT2D eigenvalue weighted by molar-refractivity contribution is 0.136. The fourth-order valence-electron chi connectivity index (χ4n) is 2.02. The molecule has 0 aromatic heterocycles. The van der Waals surface area contributed by atoms with Gasteiger partial charge in [-0.2, -0.15) is 0 Å². The second-order valence-corrected chi connectivity index (χ2v) is 4.30. The maximum absolute atomic E-state index is 5.43. The van der Waals surface area contributed by atoms with Crippen LogP contribution >= 0.6 is 0 Å². The second-order valence-electron chi connectivity index (χ2n) is 4.30. The van der Waals surface area contributed by atoms with Crippen LogP contribution in [0.5, 0.6) is 5.75 Å². The summed E-state index contributed by atoms with van der Waals surface area (Å²) in [6.07, 6.45) is 2.05. The quantitative estimate of drug-likeness (QED) is 0.684. The summed E-state index contributed by atoms with van der Waals surface area (Å²) in [5.74, 6) is 0.924. The van der Waals surface area contributed by atoms with Gasteiger partial charge in [-0.15, -0.1) is 0 Å². The van der Waals surface area contributed by atoms with Gasteiger partial charge < -0.3 is 14.8 Å². The van der Waals surface area contributed by atoms with Gasteiger partial charge in [0.15, 0.2) is 0 Å². The van der Waals surface area contributed by atoms with Crippen LogP contribution in [0.3, 0.4) is 0 Å². The average molecular weight is 251 g/mol. The third-order valence-electron chi connectivity index (χ3n) is 2.92.